The summed E-state index contributed by atoms with van der Waals surface area (Å²) in [5.74, 6) is -0.609. The lowest BCUT2D eigenvalue weighted by Gasteiger charge is -2.31. The zero-order valence-corrected chi connectivity index (χ0v) is 13.0. The number of piperidine rings is 1. The molecule has 118 valence electrons. The Morgan fingerprint density at radius 3 is 2.62 bits per heavy atom. The third-order valence-electron chi connectivity index (χ3n) is 3.73. The Morgan fingerprint density at radius 2 is 2.05 bits per heavy atom. The zero-order chi connectivity index (χ0) is 15.5. The van der Waals surface area contributed by atoms with Crippen molar-refractivity contribution in [2.45, 2.75) is 37.1 Å². The van der Waals surface area contributed by atoms with Gasteiger partial charge < -0.3 is 10.6 Å². The molecule has 1 aromatic rings. The van der Waals surface area contributed by atoms with E-state index in [0.29, 0.717) is 0 Å². The number of halogens is 1. The summed E-state index contributed by atoms with van der Waals surface area (Å²) in [5.41, 5.74) is 5.27. The molecule has 1 heterocycles. The van der Waals surface area contributed by atoms with Crippen LogP contribution in [-0.4, -0.2) is 39.0 Å². The van der Waals surface area contributed by atoms with Crippen molar-refractivity contribution >= 4 is 15.7 Å². The van der Waals surface area contributed by atoms with Crippen molar-refractivity contribution in [3.8, 4) is 0 Å². The number of nitrogen functional groups attached to an aromatic ring is 1. The Balaban J connectivity index is 2.00. The number of anilines is 1. The standard InChI is InChI=1S/C14H22FN3O2S/c1-2-7-18-8-5-11(6-9-18)17-21(19,20)12-3-4-13(15)14(16)10-12/h3-4,10-11,17H,2,5-9,16H2,1H3. The fraction of sp³-hybridized carbons (Fsp3) is 0.571. The fourth-order valence-corrected chi connectivity index (χ4v) is 3.91. The zero-order valence-electron chi connectivity index (χ0n) is 12.2. The minimum absolute atomic E-state index is 0.0115. The topological polar surface area (TPSA) is 75.4 Å². The maximum Gasteiger partial charge on any atom is 0.240 e. The normalized spacial score (nSPS) is 18.0. The quantitative estimate of drug-likeness (QED) is 0.809. The van der Waals surface area contributed by atoms with Crippen LogP contribution in [0.5, 0.6) is 0 Å². The molecule has 1 aromatic carbocycles. The van der Waals surface area contributed by atoms with Crippen LogP contribution in [0.1, 0.15) is 26.2 Å². The van der Waals surface area contributed by atoms with Gasteiger partial charge in [0.25, 0.3) is 0 Å². The molecule has 7 heteroatoms. The lowest BCUT2D eigenvalue weighted by molar-refractivity contribution is 0.208. The van der Waals surface area contributed by atoms with Gasteiger partial charge >= 0.3 is 0 Å². The summed E-state index contributed by atoms with van der Waals surface area (Å²) in [7, 11) is -3.64. The number of hydrogen-bond donors (Lipinski definition) is 2. The fourth-order valence-electron chi connectivity index (χ4n) is 2.57. The highest BCUT2D eigenvalue weighted by Crippen LogP contribution is 2.19. The van der Waals surface area contributed by atoms with Gasteiger partial charge in [0.15, 0.2) is 0 Å². The van der Waals surface area contributed by atoms with Gasteiger partial charge in [0, 0.05) is 6.04 Å². The van der Waals surface area contributed by atoms with E-state index in [1.165, 1.54) is 6.07 Å². The van der Waals surface area contributed by atoms with Gasteiger partial charge in [0.2, 0.25) is 10.0 Å². The van der Waals surface area contributed by atoms with E-state index in [-0.39, 0.29) is 16.6 Å². The molecular formula is C14H22FN3O2S. The van der Waals surface area contributed by atoms with Gasteiger partial charge in [-0.05, 0) is 57.1 Å². The lowest BCUT2D eigenvalue weighted by Crippen LogP contribution is -2.44. The monoisotopic (exact) mass is 315 g/mol. The summed E-state index contributed by atoms with van der Waals surface area (Å²) in [6, 6.07) is 3.40. The number of nitrogens with two attached hydrogens (primary N) is 1. The first-order chi connectivity index (χ1) is 9.92. The molecule has 0 saturated carbocycles. The molecule has 5 nitrogen and oxygen atoms in total. The number of sulfonamides is 1. The third kappa shape index (κ3) is 4.15. The van der Waals surface area contributed by atoms with E-state index in [1.807, 2.05) is 0 Å². The van der Waals surface area contributed by atoms with E-state index >= 15 is 0 Å². The van der Waals surface area contributed by atoms with Crippen molar-refractivity contribution in [1.29, 1.82) is 0 Å². The predicted molar refractivity (Wildman–Crippen MR) is 80.9 cm³/mol. The smallest absolute Gasteiger partial charge is 0.240 e. The van der Waals surface area contributed by atoms with E-state index in [4.69, 9.17) is 5.73 Å². The van der Waals surface area contributed by atoms with Gasteiger partial charge in [-0.25, -0.2) is 17.5 Å². The molecular weight excluding hydrogens is 293 g/mol. The van der Waals surface area contributed by atoms with Crippen molar-refractivity contribution in [2.24, 2.45) is 0 Å². The van der Waals surface area contributed by atoms with Crippen LogP contribution in [0, 0.1) is 5.82 Å². The van der Waals surface area contributed by atoms with Gasteiger partial charge in [-0.3, -0.25) is 0 Å². The Kier molecular flexibility index (Phi) is 5.18. The molecule has 1 fully saturated rings. The summed E-state index contributed by atoms with van der Waals surface area (Å²) in [4.78, 5) is 2.35. The molecule has 0 bridgehead atoms. The molecule has 21 heavy (non-hydrogen) atoms. The highest BCUT2D eigenvalue weighted by Gasteiger charge is 2.24. The summed E-state index contributed by atoms with van der Waals surface area (Å²) < 4.78 is 40.3. The van der Waals surface area contributed by atoms with Crippen LogP contribution < -0.4 is 10.5 Å². The average Bonchev–Trinajstić information content (AvgIpc) is 2.44. The number of hydrogen-bond acceptors (Lipinski definition) is 4. The summed E-state index contributed by atoms with van der Waals surface area (Å²) in [6.45, 7) is 4.97. The molecule has 0 spiro atoms. The van der Waals surface area contributed by atoms with Crippen LogP contribution in [0.4, 0.5) is 10.1 Å². The Hall–Kier alpha value is -1.18. The Labute approximate surface area is 125 Å². The number of rotatable bonds is 5. The molecule has 1 aliphatic rings. The maximum absolute atomic E-state index is 13.1. The number of likely N-dealkylation sites (tertiary alicyclic amines) is 1. The second-order valence-corrected chi connectivity index (χ2v) is 7.13. The molecule has 2 rings (SSSR count). The number of nitrogens with one attached hydrogen (secondary N) is 1. The van der Waals surface area contributed by atoms with Gasteiger partial charge in [0.05, 0.1) is 10.6 Å². The van der Waals surface area contributed by atoms with E-state index in [2.05, 4.69) is 16.5 Å². The molecule has 0 amide bonds. The Morgan fingerprint density at radius 1 is 1.38 bits per heavy atom. The first kappa shape index (κ1) is 16.2. The maximum atomic E-state index is 13.1. The van der Waals surface area contributed by atoms with Crippen LogP contribution >= 0.6 is 0 Å². The summed E-state index contributed by atoms with van der Waals surface area (Å²) in [6.07, 6.45) is 2.68. The SMILES string of the molecule is CCCN1CCC(NS(=O)(=O)c2ccc(F)c(N)c2)CC1. The average molecular weight is 315 g/mol. The molecule has 1 aliphatic heterocycles. The number of nitrogens with zero attached hydrogens (tertiary/aromatic N) is 1. The van der Waals surface area contributed by atoms with Crippen LogP contribution in [0.3, 0.4) is 0 Å². The predicted octanol–water partition coefficient (Wildman–Crippen LogP) is 1.56. The second-order valence-electron chi connectivity index (χ2n) is 5.42. The van der Waals surface area contributed by atoms with Crippen molar-refractivity contribution < 1.29 is 12.8 Å². The highest BCUT2D eigenvalue weighted by molar-refractivity contribution is 7.89. The van der Waals surface area contributed by atoms with E-state index in [0.717, 1.165) is 51.0 Å². The van der Waals surface area contributed by atoms with Crippen LogP contribution in [-0.2, 0) is 10.0 Å². The van der Waals surface area contributed by atoms with E-state index < -0.39 is 15.8 Å². The Bertz CT molecular complexity index is 584. The molecule has 0 atom stereocenters. The molecule has 0 unspecified atom stereocenters. The molecule has 1 saturated heterocycles. The largest absolute Gasteiger partial charge is 0.396 e. The third-order valence-corrected chi connectivity index (χ3v) is 5.25. The molecule has 3 N–H and O–H groups in total. The van der Waals surface area contributed by atoms with Crippen molar-refractivity contribution in [1.82, 2.24) is 9.62 Å². The lowest BCUT2D eigenvalue weighted by atomic mass is 10.1. The van der Waals surface area contributed by atoms with Crippen LogP contribution in [0.15, 0.2) is 23.1 Å². The first-order valence-corrected chi connectivity index (χ1v) is 8.70. The minimum atomic E-state index is -3.64. The van der Waals surface area contributed by atoms with Crippen LogP contribution in [0.25, 0.3) is 0 Å². The van der Waals surface area contributed by atoms with Gasteiger partial charge in [-0.1, -0.05) is 6.92 Å². The highest BCUT2D eigenvalue weighted by atomic mass is 32.2. The van der Waals surface area contributed by atoms with Gasteiger partial charge in [0.1, 0.15) is 5.82 Å². The van der Waals surface area contributed by atoms with Crippen molar-refractivity contribution in [3.63, 3.8) is 0 Å². The van der Waals surface area contributed by atoms with Gasteiger partial charge in [-0.15, -0.1) is 0 Å². The second kappa shape index (κ2) is 6.72. The summed E-state index contributed by atoms with van der Waals surface area (Å²) in [5, 5.41) is 0. The van der Waals surface area contributed by atoms with E-state index in [1.54, 1.807) is 0 Å². The van der Waals surface area contributed by atoms with Crippen molar-refractivity contribution in [3.05, 3.63) is 24.0 Å². The number of benzene rings is 1. The first-order valence-electron chi connectivity index (χ1n) is 7.22. The van der Waals surface area contributed by atoms with Gasteiger partial charge in [-0.2, -0.15) is 0 Å². The van der Waals surface area contributed by atoms with E-state index in [9.17, 15) is 12.8 Å². The van der Waals surface area contributed by atoms with Crippen molar-refractivity contribution in [2.75, 3.05) is 25.4 Å². The minimum Gasteiger partial charge on any atom is -0.396 e. The summed E-state index contributed by atoms with van der Waals surface area (Å²) >= 11 is 0. The molecule has 0 aliphatic carbocycles. The molecule has 0 aromatic heterocycles. The molecule has 0 radical (unpaired) electrons. The van der Waals surface area contributed by atoms with Crippen LogP contribution in [0.2, 0.25) is 0 Å².